The van der Waals surface area contributed by atoms with Crippen LogP contribution in [-0.4, -0.2) is 30.2 Å². The van der Waals surface area contributed by atoms with E-state index >= 15 is 0 Å². The zero-order chi connectivity index (χ0) is 27.0. The fourth-order valence-corrected chi connectivity index (χ4v) is 3.93. The number of hydrogen-bond donors (Lipinski definition) is 0. The van der Waals surface area contributed by atoms with Crippen molar-refractivity contribution in [3.8, 4) is 17.5 Å². The van der Waals surface area contributed by atoms with E-state index in [0.29, 0.717) is 10.6 Å². The molecule has 3 heterocycles. The molecule has 14 heteroatoms. The van der Waals surface area contributed by atoms with Gasteiger partial charge in [-0.25, -0.2) is 4.79 Å². The number of rotatable bonds is 7. The van der Waals surface area contributed by atoms with Crippen LogP contribution in [0.1, 0.15) is 11.3 Å². The van der Waals surface area contributed by atoms with Crippen molar-refractivity contribution in [2.24, 2.45) is 7.05 Å². The zero-order valence-corrected chi connectivity index (χ0v) is 20.2. The number of aromatic nitrogens is 5. The molecule has 196 valence electrons. The Morgan fingerprint density at radius 2 is 1.74 bits per heavy atom. The first-order valence-electron chi connectivity index (χ1n) is 11.0. The molecule has 0 saturated heterocycles. The molecule has 0 aliphatic rings. The SMILES string of the molecule is Cn1c(=O)n(Cc2ccno2)c(=O)c2c1nc(Oc1cccc(OC(F)(F)F)c1)n2Cc1ccc(Cl)cc1. The molecule has 0 unspecified atom stereocenters. The van der Waals surface area contributed by atoms with Crippen molar-refractivity contribution in [2.45, 2.75) is 19.5 Å². The number of halogens is 4. The van der Waals surface area contributed by atoms with Crippen molar-refractivity contribution in [2.75, 3.05) is 0 Å². The van der Waals surface area contributed by atoms with Crippen molar-refractivity contribution >= 4 is 22.8 Å². The summed E-state index contributed by atoms with van der Waals surface area (Å²) in [6.45, 7) is -0.113. The lowest BCUT2D eigenvalue weighted by molar-refractivity contribution is -0.274. The number of fused-ring (bicyclic) bond motifs is 1. The number of benzene rings is 2. The molecule has 0 bridgehead atoms. The minimum Gasteiger partial charge on any atom is -0.425 e. The summed E-state index contributed by atoms with van der Waals surface area (Å²) in [6, 6.07) is 13.0. The van der Waals surface area contributed by atoms with E-state index in [4.69, 9.17) is 20.9 Å². The summed E-state index contributed by atoms with van der Waals surface area (Å²) in [7, 11) is 1.43. The Balaban J connectivity index is 1.66. The van der Waals surface area contributed by atoms with Crippen LogP contribution in [0.4, 0.5) is 13.2 Å². The summed E-state index contributed by atoms with van der Waals surface area (Å²) in [5.74, 6) is -0.256. The molecule has 5 aromatic rings. The third-order valence-electron chi connectivity index (χ3n) is 5.50. The van der Waals surface area contributed by atoms with Crippen molar-refractivity contribution in [1.29, 1.82) is 0 Å². The van der Waals surface area contributed by atoms with Gasteiger partial charge in [-0.1, -0.05) is 35.0 Å². The first-order chi connectivity index (χ1) is 18.1. The van der Waals surface area contributed by atoms with Crippen molar-refractivity contribution in [1.82, 2.24) is 23.8 Å². The van der Waals surface area contributed by atoms with Gasteiger partial charge in [0.25, 0.3) is 5.56 Å². The van der Waals surface area contributed by atoms with Gasteiger partial charge in [0, 0.05) is 24.2 Å². The standard InChI is InChI=1S/C24H17ClF3N5O5/c1-31-20-19(21(34)33(23(31)35)13-18-9-10-29-38-18)32(12-14-5-7-15(25)8-6-14)22(30-20)36-16-3-2-4-17(11-16)37-24(26,27)28/h2-11H,12-13H2,1H3. The average Bonchev–Trinajstić information content (AvgIpc) is 3.49. The van der Waals surface area contributed by atoms with E-state index in [9.17, 15) is 22.8 Å². The Morgan fingerprint density at radius 3 is 2.42 bits per heavy atom. The highest BCUT2D eigenvalue weighted by Crippen LogP contribution is 2.30. The van der Waals surface area contributed by atoms with Gasteiger partial charge in [0.15, 0.2) is 16.9 Å². The lowest BCUT2D eigenvalue weighted by Gasteiger charge is -2.12. The van der Waals surface area contributed by atoms with Gasteiger partial charge in [0.1, 0.15) is 11.5 Å². The Labute approximate surface area is 216 Å². The van der Waals surface area contributed by atoms with E-state index in [-0.39, 0.29) is 41.8 Å². The predicted octanol–water partition coefficient (Wildman–Crippen LogP) is 4.33. The minimum atomic E-state index is -4.90. The van der Waals surface area contributed by atoms with Gasteiger partial charge < -0.3 is 14.0 Å². The lowest BCUT2D eigenvalue weighted by atomic mass is 10.2. The smallest absolute Gasteiger partial charge is 0.425 e. The Bertz CT molecular complexity index is 1720. The van der Waals surface area contributed by atoms with E-state index in [1.165, 1.54) is 40.6 Å². The first kappa shape index (κ1) is 25.1. The third kappa shape index (κ3) is 5.13. The van der Waals surface area contributed by atoms with Crippen LogP contribution < -0.4 is 20.7 Å². The monoisotopic (exact) mass is 547 g/mol. The maximum atomic E-state index is 13.6. The van der Waals surface area contributed by atoms with Crippen LogP contribution in [0.25, 0.3) is 11.2 Å². The van der Waals surface area contributed by atoms with Gasteiger partial charge in [0.2, 0.25) is 0 Å². The fraction of sp³-hybridized carbons (Fsp3) is 0.167. The number of ether oxygens (including phenoxy) is 2. The van der Waals surface area contributed by atoms with Crippen LogP contribution >= 0.6 is 11.6 Å². The maximum Gasteiger partial charge on any atom is 0.573 e. The summed E-state index contributed by atoms with van der Waals surface area (Å²) >= 11 is 6.00. The van der Waals surface area contributed by atoms with Gasteiger partial charge in [-0.15, -0.1) is 13.2 Å². The number of imidazole rings is 1. The molecule has 0 aliphatic carbocycles. The highest BCUT2D eigenvalue weighted by atomic mass is 35.5. The van der Waals surface area contributed by atoms with Crippen molar-refractivity contribution in [3.05, 3.63) is 98.0 Å². The van der Waals surface area contributed by atoms with Gasteiger partial charge in [-0.2, -0.15) is 4.98 Å². The Morgan fingerprint density at radius 1 is 1.00 bits per heavy atom. The Hall–Kier alpha value is -4.52. The second-order valence-corrected chi connectivity index (χ2v) is 8.55. The molecule has 3 aromatic heterocycles. The summed E-state index contributed by atoms with van der Waals surface area (Å²) in [5, 5.41) is 4.09. The fourth-order valence-electron chi connectivity index (χ4n) is 3.81. The minimum absolute atomic E-state index is 0.0143. The molecule has 0 atom stereocenters. The molecular formula is C24H17ClF3N5O5. The second kappa shape index (κ2) is 9.74. The molecule has 0 saturated carbocycles. The number of nitrogens with zero attached hydrogens (tertiary/aromatic N) is 5. The van der Waals surface area contributed by atoms with Crippen LogP contribution in [0.15, 0.2) is 74.9 Å². The van der Waals surface area contributed by atoms with E-state index in [1.807, 2.05) is 0 Å². The van der Waals surface area contributed by atoms with E-state index in [2.05, 4.69) is 14.9 Å². The highest BCUT2D eigenvalue weighted by Gasteiger charge is 2.31. The normalized spacial score (nSPS) is 11.7. The number of aryl methyl sites for hydroxylation is 1. The van der Waals surface area contributed by atoms with E-state index in [0.717, 1.165) is 16.7 Å². The molecule has 0 aliphatic heterocycles. The largest absolute Gasteiger partial charge is 0.573 e. The molecule has 10 nitrogen and oxygen atoms in total. The molecular weight excluding hydrogens is 531 g/mol. The summed E-state index contributed by atoms with van der Waals surface area (Å²) in [4.78, 5) is 30.9. The predicted molar refractivity (Wildman–Crippen MR) is 129 cm³/mol. The molecule has 38 heavy (non-hydrogen) atoms. The van der Waals surface area contributed by atoms with Crippen LogP contribution in [-0.2, 0) is 20.1 Å². The van der Waals surface area contributed by atoms with Crippen molar-refractivity contribution in [3.63, 3.8) is 0 Å². The number of alkyl halides is 3. The van der Waals surface area contributed by atoms with E-state index in [1.54, 1.807) is 24.3 Å². The summed E-state index contributed by atoms with van der Waals surface area (Å²) < 4.78 is 56.5. The number of hydrogen-bond acceptors (Lipinski definition) is 7. The first-order valence-corrected chi connectivity index (χ1v) is 11.3. The average molecular weight is 548 g/mol. The van der Waals surface area contributed by atoms with Gasteiger partial charge >= 0.3 is 18.1 Å². The van der Waals surface area contributed by atoms with Crippen LogP contribution in [0.5, 0.6) is 17.5 Å². The molecule has 0 amide bonds. The van der Waals surface area contributed by atoms with Gasteiger partial charge in [-0.05, 0) is 29.8 Å². The van der Waals surface area contributed by atoms with E-state index < -0.39 is 23.4 Å². The molecule has 0 spiro atoms. The Kier molecular flexibility index (Phi) is 6.45. The maximum absolute atomic E-state index is 13.6. The summed E-state index contributed by atoms with van der Waals surface area (Å²) in [6.07, 6.45) is -3.51. The van der Waals surface area contributed by atoms with Gasteiger partial charge in [0.05, 0.1) is 19.3 Å². The second-order valence-electron chi connectivity index (χ2n) is 8.12. The van der Waals surface area contributed by atoms with Crippen LogP contribution in [0.3, 0.4) is 0 Å². The molecule has 0 N–H and O–H groups in total. The van der Waals surface area contributed by atoms with Crippen LogP contribution in [0, 0.1) is 0 Å². The van der Waals surface area contributed by atoms with Crippen LogP contribution in [0.2, 0.25) is 5.02 Å². The molecule has 0 radical (unpaired) electrons. The van der Waals surface area contributed by atoms with Gasteiger partial charge in [-0.3, -0.25) is 18.5 Å². The molecule has 0 fully saturated rings. The molecule has 5 rings (SSSR count). The highest BCUT2D eigenvalue weighted by molar-refractivity contribution is 6.30. The quantitative estimate of drug-likeness (QED) is 0.299. The van der Waals surface area contributed by atoms with Crippen molar-refractivity contribution < 1.29 is 27.2 Å². The summed E-state index contributed by atoms with van der Waals surface area (Å²) in [5.41, 5.74) is -0.588. The topological polar surface area (TPSA) is 106 Å². The molecule has 2 aromatic carbocycles. The zero-order valence-electron chi connectivity index (χ0n) is 19.5. The lowest BCUT2D eigenvalue weighted by Crippen LogP contribution is -2.39. The third-order valence-corrected chi connectivity index (χ3v) is 5.76.